The molecule has 2 nitrogen and oxygen atoms in total. The Morgan fingerprint density at radius 2 is 2.22 bits per heavy atom. The fourth-order valence-electron chi connectivity index (χ4n) is 0.776. The van der Waals surface area contributed by atoms with Crippen LogP contribution in [0.1, 0.15) is 0 Å². The fourth-order valence-corrected chi connectivity index (χ4v) is 0.776. The molecule has 0 fully saturated rings. The fraction of sp³-hybridized carbons (Fsp3) is 0.800. The lowest BCUT2D eigenvalue weighted by molar-refractivity contribution is -0.491. The van der Waals surface area contributed by atoms with Crippen LogP contribution in [0.3, 0.4) is 0 Å². The molecule has 4 heteroatoms. The SMILES string of the molecule is CN1CC[N+](C)=C1F.[Cl-]. The highest BCUT2D eigenvalue weighted by molar-refractivity contribution is 5.67. The molecule has 0 amide bonds. The van der Waals surface area contributed by atoms with Crippen LogP contribution >= 0.6 is 0 Å². The first-order valence-corrected chi connectivity index (χ1v) is 2.66. The summed E-state index contributed by atoms with van der Waals surface area (Å²) in [7, 11) is 3.50. The minimum atomic E-state index is -0.120. The van der Waals surface area contributed by atoms with E-state index in [1.165, 1.54) is 0 Å². The van der Waals surface area contributed by atoms with Crippen LogP contribution in [0.15, 0.2) is 0 Å². The van der Waals surface area contributed by atoms with Gasteiger partial charge >= 0.3 is 6.09 Å². The maximum absolute atomic E-state index is 12.5. The van der Waals surface area contributed by atoms with Gasteiger partial charge in [0, 0.05) is 0 Å². The molecule has 0 N–H and O–H groups in total. The minimum Gasteiger partial charge on any atom is -1.00 e. The van der Waals surface area contributed by atoms with Crippen molar-refractivity contribution in [1.29, 1.82) is 0 Å². The van der Waals surface area contributed by atoms with E-state index < -0.39 is 0 Å². The Labute approximate surface area is 60.4 Å². The van der Waals surface area contributed by atoms with Gasteiger partial charge in [-0.15, -0.1) is 4.39 Å². The predicted molar refractivity (Wildman–Crippen MR) is 29.8 cm³/mol. The van der Waals surface area contributed by atoms with E-state index in [0.717, 1.165) is 13.1 Å². The van der Waals surface area contributed by atoms with Crippen molar-refractivity contribution in [1.82, 2.24) is 4.90 Å². The molecule has 1 aliphatic heterocycles. The summed E-state index contributed by atoms with van der Waals surface area (Å²) >= 11 is 0. The molecule has 0 aliphatic carbocycles. The smallest absolute Gasteiger partial charge is 0.435 e. The molecule has 54 valence electrons. The van der Waals surface area contributed by atoms with Crippen LogP contribution in [-0.4, -0.2) is 42.7 Å². The van der Waals surface area contributed by atoms with Crippen LogP contribution in [0, 0.1) is 0 Å². The lowest BCUT2D eigenvalue weighted by atomic mass is 10.6. The van der Waals surface area contributed by atoms with Crippen molar-refractivity contribution in [2.75, 3.05) is 27.2 Å². The summed E-state index contributed by atoms with van der Waals surface area (Å²) in [6.07, 6.45) is -0.120. The first-order chi connectivity index (χ1) is 3.72. The molecular formula is C5H10ClFN2. The van der Waals surface area contributed by atoms with Crippen molar-refractivity contribution < 1.29 is 21.4 Å². The zero-order valence-electron chi connectivity index (χ0n) is 5.56. The number of halogens is 2. The van der Waals surface area contributed by atoms with E-state index in [2.05, 4.69) is 0 Å². The zero-order chi connectivity index (χ0) is 6.15. The second-order valence-corrected chi connectivity index (χ2v) is 2.11. The molecule has 0 aromatic heterocycles. The van der Waals surface area contributed by atoms with Gasteiger partial charge in [-0.05, 0) is 0 Å². The monoisotopic (exact) mass is 152 g/mol. The average Bonchev–Trinajstić information content (AvgIpc) is 1.98. The summed E-state index contributed by atoms with van der Waals surface area (Å²) in [5.74, 6) is 0. The molecule has 1 rings (SSSR count). The maximum Gasteiger partial charge on any atom is 0.435 e. The molecule has 0 spiro atoms. The third-order valence-corrected chi connectivity index (χ3v) is 1.40. The first-order valence-electron chi connectivity index (χ1n) is 2.66. The van der Waals surface area contributed by atoms with E-state index in [0.29, 0.717) is 0 Å². The van der Waals surface area contributed by atoms with Crippen molar-refractivity contribution >= 4 is 6.09 Å². The summed E-state index contributed by atoms with van der Waals surface area (Å²) in [4.78, 5) is 1.60. The van der Waals surface area contributed by atoms with Crippen molar-refractivity contribution in [3.8, 4) is 0 Å². The Hall–Kier alpha value is -0.310. The van der Waals surface area contributed by atoms with Crippen LogP contribution in [-0.2, 0) is 0 Å². The average molecular weight is 153 g/mol. The van der Waals surface area contributed by atoms with Crippen molar-refractivity contribution in [2.45, 2.75) is 0 Å². The van der Waals surface area contributed by atoms with E-state index in [1.807, 2.05) is 0 Å². The van der Waals surface area contributed by atoms with Gasteiger partial charge < -0.3 is 12.4 Å². The Kier molecular flexibility index (Phi) is 2.91. The molecule has 0 aromatic rings. The van der Waals surface area contributed by atoms with Crippen LogP contribution < -0.4 is 12.4 Å². The molecule has 0 radical (unpaired) electrons. The molecule has 0 atom stereocenters. The summed E-state index contributed by atoms with van der Waals surface area (Å²) < 4.78 is 14.1. The Bertz CT molecular complexity index is 135. The highest BCUT2D eigenvalue weighted by atomic mass is 35.5. The topological polar surface area (TPSA) is 6.25 Å². The van der Waals surface area contributed by atoms with E-state index in [1.54, 1.807) is 23.6 Å². The van der Waals surface area contributed by atoms with Gasteiger partial charge in [-0.25, -0.2) is 9.48 Å². The van der Waals surface area contributed by atoms with Gasteiger partial charge in [0.15, 0.2) is 0 Å². The van der Waals surface area contributed by atoms with Crippen molar-refractivity contribution in [3.05, 3.63) is 0 Å². The van der Waals surface area contributed by atoms with Gasteiger partial charge in [0.05, 0.1) is 14.1 Å². The lowest BCUT2D eigenvalue weighted by Crippen LogP contribution is -3.00. The molecule has 1 heterocycles. The number of amidine groups is 1. The number of likely N-dealkylation sites (N-methyl/N-ethyl adjacent to an activating group) is 2. The van der Waals surface area contributed by atoms with E-state index in [9.17, 15) is 4.39 Å². The molecule has 1 aliphatic rings. The van der Waals surface area contributed by atoms with Gasteiger partial charge in [0.1, 0.15) is 13.1 Å². The molecule has 0 aromatic carbocycles. The Morgan fingerprint density at radius 1 is 1.67 bits per heavy atom. The molecule has 9 heavy (non-hydrogen) atoms. The van der Waals surface area contributed by atoms with Crippen LogP contribution in [0.4, 0.5) is 4.39 Å². The number of nitrogens with zero attached hydrogens (tertiary/aromatic N) is 2. The summed E-state index contributed by atoms with van der Waals surface area (Å²) in [6, 6.07) is 0. The van der Waals surface area contributed by atoms with Gasteiger partial charge in [-0.2, -0.15) is 0 Å². The largest absolute Gasteiger partial charge is 1.00 e. The van der Waals surface area contributed by atoms with E-state index in [4.69, 9.17) is 0 Å². The zero-order valence-corrected chi connectivity index (χ0v) is 6.32. The second-order valence-electron chi connectivity index (χ2n) is 2.11. The highest BCUT2D eigenvalue weighted by Gasteiger charge is 2.23. The number of rotatable bonds is 0. The molecule has 0 saturated carbocycles. The quantitative estimate of drug-likeness (QED) is 0.263. The van der Waals surface area contributed by atoms with Crippen LogP contribution in [0.25, 0.3) is 0 Å². The van der Waals surface area contributed by atoms with Gasteiger partial charge in [0.2, 0.25) is 0 Å². The molecule has 0 saturated heterocycles. The normalized spacial score (nSPS) is 18.3. The maximum atomic E-state index is 12.5. The Morgan fingerprint density at radius 3 is 2.33 bits per heavy atom. The van der Waals surface area contributed by atoms with Gasteiger partial charge in [-0.1, -0.05) is 0 Å². The lowest BCUT2D eigenvalue weighted by Gasteiger charge is -1.94. The third kappa shape index (κ3) is 1.55. The number of hydrogen-bond donors (Lipinski definition) is 0. The van der Waals surface area contributed by atoms with Crippen molar-refractivity contribution in [2.24, 2.45) is 0 Å². The summed E-state index contributed by atoms with van der Waals surface area (Å²) in [6.45, 7) is 1.62. The standard InChI is InChI=1S/C5H10FN2.ClH/c1-7-3-4-8(2)5(7)6;/h3-4H2,1-2H3;1H/q+1;/p-1. The number of hydrogen-bond acceptors (Lipinski definition) is 1. The van der Waals surface area contributed by atoms with Crippen LogP contribution in [0.2, 0.25) is 0 Å². The third-order valence-electron chi connectivity index (χ3n) is 1.40. The molecule has 0 bridgehead atoms. The van der Waals surface area contributed by atoms with Gasteiger partial charge in [0.25, 0.3) is 0 Å². The molecule has 0 unspecified atom stereocenters. The first kappa shape index (κ1) is 8.69. The predicted octanol–water partition coefficient (Wildman–Crippen LogP) is -3.10. The van der Waals surface area contributed by atoms with Crippen molar-refractivity contribution in [3.63, 3.8) is 0 Å². The molecular weight excluding hydrogens is 143 g/mol. The van der Waals surface area contributed by atoms with E-state index in [-0.39, 0.29) is 18.5 Å². The van der Waals surface area contributed by atoms with Gasteiger partial charge in [-0.3, -0.25) is 0 Å². The summed E-state index contributed by atoms with van der Waals surface area (Å²) in [5.41, 5.74) is 0. The Balaban J connectivity index is 0.000000640. The minimum absolute atomic E-state index is 0. The second kappa shape index (κ2) is 3.01. The summed E-state index contributed by atoms with van der Waals surface area (Å²) in [5, 5.41) is 0. The highest BCUT2D eigenvalue weighted by Crippen LogP contribution is 1.95. The van der Waals surface area contributed by atoms with Crippen LogP contribution in [0.5, 0.6) is 0 Å². The van der Waals surface area contributed by atoms with E-state index >= 15 is 0 Å².